The number of benzene rings is 1. The Morgan fingerprint density at radius 1 is 1.19 bits per heavy atom. The number of nitrogens with one attached hydrogen (secondary N) is 1. The first-order valence-corrected chi connectivity index (χ1v) is 11.8. The van der Waals surface area contributed by atoms with Crippen LogP contribution < -0.4 is 5.32 Å². The molecular formula is C20H29N3O3S. The molecule has 1 aliphatic carbocycles. The van der Waals surface area contributed by atoms with E-state index in [0.717, 1.165) is 49.6 Å². The number of hydrogen-bond acceptors (Lipinski definition) is 4. The summed E-state index contributed by atoms with van der Waals surface area (Å²) in [6.45, 7) is 2.02. The lowest BCUT2D eigenvalue weighted by atomic mass is 9.95. The molecule has 0 saturated heterocycles. The van der Waals surface area contributed by atoms with Crippen LogP contribution in [0.5, 0.6) is 0 Å². The van der Waals surface area contributed by atoms with Crippen LogP contribution in [0.15, 0.2) is 24.3 Å². The Morgan fingerprint density at radius 3 is 2.67 bits per heavy atom. The zero-order valence-electron chi connectivity index (χ0n) is 16.0. The van der Waals surface area contributed by atoms with Crippen LogP contribution in [0.2, 0.25) is 0 Å². The van der Waals surface area contributed by atoms with Gasteiger partial charge in [0.1, 0.15) is 5.75 Å². The quantitative estimate of drug-likeness (QED) is 0.687. The first-order chi connectivity index (χ1) is 13.0. The molecule has 1 N–H and O–H groups in total. The third-order valence-corrected chi connectivity index (χ3v) is 6.81. The largest absolute Gasteiger partial charge is 0.307 e. The molecule has 1 aliphatic rings. The summed E-state index contributed by atoms with van der Waals surface area (Å²) in [5, 5.41) is 2.78. The van der Waals surface area contributed by atoms with Gasteiger partial charge in [-0.2, -0.15) is 0 Å². The second-order valence-electron chi connectivity index (χ2n) is 7.43. The van der Waals surface area contributed by atoms with Crippen molar-refractivity contribution in [3.8, 4) is 0 Å². The van der Waals surface area contributed by atoms with Crippen LogP contribution >= 0.6 is 0 Å². The van der Waals surface area contributed by atoms with Crippen molar-refractivity contribution in [1.29, 1.82) is 0 Å². The standard InChI is InChI=1S/C20H29N3O3S/c1-2-3-9-14-27(25,26)15-19(24)22-20-21-17-12-7-8-13-18(17)23(20)16-10-5-4-6-11-16/h7-8,12-13,16H,2-6,9-11,14-15H2,1H3,(H,21,22,24). The molecule has 0 atom stereocenters. The van der Waals surface area contributed by atoms with Crippen molar-refractivity contribution in [2.75, 3.05) is 16.8 Å². The summed E-state index contributed by atoms with van der Waals surface area (Å²) in [6.07, 6.45) is 8.09. The molecule has 0 aliphatic heterocycles. The van der Waals surface area contributed by atoms with Crippen molar-refractivity contribution >= 4 is 32.7 Å². The molecule has 3 rings (SSSR count). The molecule has 148 valence electrons. The van der Waals surface area contributed by atoms with E-state index >= 15 is 0 Å². The highest BCUT2D eigenvalue weighted by Crippen LogP contribution is 2.34. The van der Waals surface area contributed by atoms with Crippen LogP contribution in [0.25, 0.3) is 11.0 Å². The van der Waals surface area contributed by atoms with Gasteiger partial charge >= 0.3 is 0 Å². The maximum absolute atomic E-state index is 12.4. The summed E-state index contributed by atoms with van der Waals surface area (Å²) in [6, 6.07) is 8.11. The molecule has 6 nitrogen and oxygen atoms in total. The number of unbranched alkanes of at least 4 members (excludes halogenated alkanes) is 2. The van der Waals surface area contributed by atoms with E-state index in [1.165, 1.54) is 6.42 Å². The first kappa shape index (κ1) is 19.9. The molecule has 1 aromatic carbocycles. The van der Waals surface area contributed by atoms with Crippen molar-refractivity contribution in [2.24, 2.45) is 0 Å². The van der Waals surface area contributed by atoms with E-state index in [1.54, 1.807) is 0 Å². The van der Waals surface area contributed by atoms with E-state index in [0.29, 0.717) is 18.4 Å². The minimum atomic E-state index is -3.39. The van der Waals surface area contributed by atoms with Gasteiger partial charge in [0, 0.05) is 6.04 Å². The molecular weight excluding hydrogens is 362 g/mol. The SMILES string of the molecule is CCCCCS(=O)(=O)CC(=O)Nc1nc2ccccc2n1C1CCCCC1. The molecule has 2 aromatic rings. The number of amides is 1. The van der Waals surface area contributed by atoms with E-state index in [-0.39, 0.29) is 5.75 Å². The summed E-state index contributed by atoms with van der Waals surface area (Å²) in [5.74, 6) is -0.451. The zero-order valence-corrected chi connectivity index (χ0v) is 16.8. The van der Waals surface area contributed by atoms with Crippen molar-refractivity contribution in [3.05, 3.63) is 24.3 Å². The van der Waals surface area contributed by atoms with Gasteiger partial charge in [-0.15, -0.1) is 0 Å². The maximum Gasteiger partial charge on any atom is 0.241 e. The number of rotatable bonds is 8. The van der Waals surface area contributed by atoms with Gasteiger partial charge in [-0.3, -0.25) is 10.1 Å². The molecule has 27 heavy (non-hydrogen) atoms. The number of fused-ring (bicyclic) bond motifs is 1. The van der Waals surface area contributed by atoms with Crippen LogP contribution in [0, 0.1) is 0 Å². The normalized spacial score (nSPS) is 15.9. The van der Waals surface area contributed by atoms with Gasteiger partial charge in [-0.25, -0.2) is 13.4 Å². The smallest absolute Gasteiger partial charge is 0.241 e. The maximum atomic E-state index is 12.4. The molecule has 0 radical (unpaired) electrons. The van der Waals surface area contributed by atoms with Crippen LogP contribution in [0.4, 0.5) is 5.95 Å². The van der Waals surface area contributed by atoms with Gasteiger partial charge in [0.15, 0.2) is 9.84 Å². The number of imidazole rings is 1. The van der Waals surface area contributed by atoms with Gasteiger partial charge in [-0.05, 0) is 31.4 Å². The summed E-state index contributed by atoms with van der Waals surface area (Å²) in [5.41, 5.74) is 1.81. The Morgan fingerprint density at radius 2 is 1.93 bits per heavy atom. The zero-order chi connectivity index (χ0) is 19.3. The van der Waals surface area contributed by atoms with Crippen molar-refractivity contribution in [1.82, 2.24) is 9.55 Å². The molecule has 1 amide bonds. The second-order valence-corrected chi connectivity index (χ2v) is 9.62. The lowest BCUT2D eigenvalue weighted by molar-refractivity contribution is -0.114. The minimum absolute atomic E-state index is 0.0628. The third-order valence-electron chi connectivity index (χ3n) is 5.20. The van der Waals surface area contributed by atoms with E-state index in [4.69, 9.17) is 0 Å². The molecule has 0 spiro atoms. The highest BCUT2D eigenvalue weighted by atomic mass is 32.2. The van der Waals surface area contributed by atoms with Gasteiger partial charge in [-0.1, -0.05) is 51.2 Å². The van der Waals surface area contributed by atoms with Gasteiger partial charge in [0.05, 0.1) is 16.8 Å². The molecule has 1 fully saturated rings. The summed E-state index contributed by atoms with van der Waals surface area (Å²) >= 11 is 0. The number of anilines is 1. The first-order valence-electron chi connectivity index (χ1n) is 9.97. The number of hydrogen-bond donors (Lipinski definition) is 1. The second kappa shape index (κ2) is 8.87. The monoisotopic (exact) mass is 391 g/mol. The van der Waals surface area contributed by atoms with Gasteiger partial charge in [0.25, 0.3) is 0 Å². The Bertz CT molecular complexity index is 883. The molecule has 1 heterocycles. The number of para-hydroxylation sites is 2. The number of carbonyl (C=O) groups is 1. The number of sulfone groups is 1. The summed E-state index contributed by atoms with van der Waals surface area (Å²) < 4.78 is 26.4. The highest BCUT2D eigenvalue weighted by molar-refractivity contribution is 7.92. The predicted octanol–water partition coefficient (Wildman–Crippen LogP) is 4.09. The van der Waals surface area contributed by atoms with E-state index < -0.39 is 21.5 Å². The molecule has 0 unspecified atom stereocenters. The number of aromatic nitrogens is 2. The van der Waals surface area contributed by atoms with Crippen LogP contribution in [-0.2, 0) is 14.6 Å². The number of nitrogens with zero attached hydrogens (tertiary/aromatic N) is 2. The third kappa shape index (κ3) is 5.09. The minimum Gasteiger partial charge on any atom is -0.307 e. The van der Waals surface area contributed by atoms with Crippen molar-refractivity contribution in [2.45, 2.75) is 64.3 Å². The fourth-order valence-corrected chi connectivity index (χ4v) is 5.11. The average molecular weight is 392 g/mol. The predicted molar refractivity (Wildman–Crippen MR) is 109 cm³/mol. The van der Waals surface area contributed by atoms with E-state index in [9.17, 15) is 13.2 Å². The topological polar surface area (TPSA) is 81.1 Å². The fourth-order valence-electron chi connectivity index (χ4n) is 3.85. The van der Waals surface area contributed by atoms with Crippen LogP contribution in [0.3, 0.4) is 0 Å². The lowest BCUT2D eigenvalue weighted by Crippen LogP contribution is -2.27. The Labute approximate surface area is 161 Å². The van der Waals surface area contributed by atoms with Crippen molar-refractivity contribution < 1.29 is 13.2 Å². The Kier molecular flexibility index (Phi) is 6.52. The van der Waals surface area contributed by atoms with Crippen molar-refractivity contribution in [3.63, 3.8) is 0 Å². The number of carbonyl (C=O) groups excluding carboxylic acids is 1. The highest BCUT2D eigenvalue weighted by Gasteiger charge is 2.24. The molecule has 7 heteroatoms. The Hall–Kier alpha value is -1.89. The fraction of sp³-hybridized carbons (Fsp3) is 0.600. The Balaban J connectivity index is 1.78. The summed E-state index contributed by atoms with van der Waals surface area (Å²) in [7, 11) is -3.39. The van der Waals surface area contributed by atoms with Gasteiger partial charge in [0.2, 0.25) is 11.9 Å². The summed E-state index contributed by atoms with van der Waals surface area (Å²) in [4.78, 5) is 17.0. The molecule has 1 saturated carbocycles. The molecule has 0 bridgehead atoms. The van der Waals surface area contributed by atoms with E-state index in [2.05, 4.69) is 14.9 Å². The van der Waals surface area contributed by atoms with Crippen LogP contribution in [-0.4, -0.2) is 35.4 Å². The molecule has 1 aromatic heterocycles. The van der Waals surface area contributed by atoms with Crippen LogP contribution in [0.1, 0.15) is 64.3 Å². The van der Waals surface area contributed by atoms with Gasteiger partial charge < -0.3 is 4.57 Å². The average Bonchev–Trinajstić information content (AvgIpc) is 2.99. The van der Waals surface area contributed by atoms with E-state index in [1.807, 2.05) is 31.2 Å². The lowest BCUT2D eigenvalue weighted by Gasteiger charge is -2.25.